The summed E-state index contributed by atoms with van der Waals surface area (Å²) in [6.07, 6.45) is 1.10. The van der Waals surface area contributed by atoms with E-state index in [0.29, 0.717) is 0 Å². The molecule has 28 heavy (non-hydrogen) atoms. The molecule has 146 valence electrons. The fourth-order valence-electron chi connectivity index (χ4n) is 3.08. The first-order chi connectivity index (χ1) is 13.6. The molecule has 0 fully saturated rings. The van der Waals surface area contributed by atoms with Crippen LogP contribution in [0.1, 0.15) is 17.5 Å². The Morgan fingerprint density at radius 1 is 0.929 bits per heavy atom. The van der Waals surface area contributed by atoms with Crippen molar-refractivity contribution < 1.29 is 0 Å². The summed E-state index contributed by atoms with van der Waals surface area (Å²) in [6.45, 7) is 4.99. The Morgan fingerprint density at radius 3 is 2.46 bits per heavy atom. The first kappa shape index (κ1) is 20.8. The van der Waals surface area contributed by atoms with Crippen molar-refractivity contribution >= 4 is 29.1 Å². The third-order valence-electron chi connectivity index (χ3n) is 4.71. The van der Waals surface area contributed by atoms with Gasteiger partial charge in [-0.2, -0.15) is 0 Å². The lowest BCUT2D eigenvalue weighted by atomic mass is 10.2. The van der Waals surface area contributed by atoms with E-state index in [-0.39, 0.29) is 0 Å². The predicted octanol–water partition coefficient (Wildman–Crippen LogP) is 6.42. The molecule has 0 amide bonds. The van der Waals surface area contributed by atoms with E-state index in [4.69, 9.17) is 11.6 Å². The molecule has 0 heterocycles. The standard InChI is InChI=1S/C24H27ClN2S/c1-19-10-8-14-22(25)24(19)28-23-15-7-6-11-20(23)18-26-16-9-17-27(2)21-12-4-3-5-13-21/h3-8,10-15,26H,9,16-18H2,1-2H3. The molecule has 0 radical (unpaired) electrons. The largest absolute Gasteiger partial charge is 0.375 e. The molecule has 0 spiro atoms. The first-order valence-corrected chi connectivity index (χ1v) is 10.8. The quantitative estimate of drug-likeness (QED) is 0.410. The van der Waals surface area contributed by atoms with Crippen molar-refractivity contribution in [3.63, 3.8) is 0 Å². The number of hydrogen-bond donors (Lipinski definition) is 1. The van der Waals surface area contributed by atoms with Crippen LogP contribution >= 0.6 is 23.4 Å². The molecule has 1 N–H and O–H groups in total. The molecule has 0 unspecified atom stereocenters. The number of hydrogen-bond acceptors (Lipinski definition) is 3. The molecule has 2 nitrogen and oxygen atoms in total. The molecule has 0 aromatic heterocycles. The molecule has 0 aliphatic heterocycles. The molecule has 3 aromatic carbocycles. The topological polar surface area (TPSA) is 15.3 Å². The van der Waals surface area contributed by atoms with Crippen LogP contribution in [0.25, 0.3) is 0 Å². The minimum absolute atomic E-state index is 0.816. The van der Waals surface area contributed by atoms with Gasteiger partial charge in [-0.25, -0.2) is 0 Å². The van der Waals surface area contributed by atoms with Crippen molar-refractivity contribution in [2.24, 2.45) is 0 Å². The normalized spacial score (nSPS) is 10.8. The molecule has 0 saturated carbocycles. The Kier molecular flexibility index (Phi) is 7.84. The number of para-hydroxylation sites is 1. The zero-order chi connectivity index (χ0) is 19.8. The van der Waals surface area contributed by atoms with Gasteiger partial charge in [0, 0.05) is 35.6 Å². The third-order valence-corrected chi connectivity index (χ3v) is 6.50. The van der Waals surface area contributed by atoms with Crippen molar-refractivity contribution in [3.8, 4) is 0 Å². The number of nitrogens with one attached hydrogen (secondary N) is 1. The lowest BCUT2D eigenvalue weighted by molar-refractivity contribution is 0.641. The van der Waals surface area contributed by atoms with Gasteiger partial charge in [0.15, 0.2) is 0 Å². The maximum absolute atomic E-state index is 6.42. The Hall–Kier alpha value is -1.94. The lowest BCUT2D eigenvalue weighted by Gasteiger charge is -2.19. The summed E-state index contributed by atoms with van der Waals surface area (Å²) in [5.74, 6) is 0. The van der Waals surface area contributed by atoms with Crippen molar-refractivity contribution in [2.45, 2.75) is 29.7 Å². The van der Waals surface area contributed by atoms with E-state index in [0.717, 1.165) is 36.0 Å². The van der Waals surface area contributed by atoms with Crippen LogP contribution in [0.2, 0.25) is 5.02 Å². The van der Waals surface area contributed by atoms with Gasteiger partial charge in [-0.05, 0) is 55.3 Å². The van der Waals surface area contributed by atoms with Gasteiger partial charge in [0.25, 0.3) is 0 Å². The molecular formula is C24H27ClN2S. The Bertz CT molecular complexity index is 863. The van der Waals surface area contributed by atoms with E-state index in [1.807, 2.05) is 12.1 Å². The Morgan fingerprint density at radius 2 is 1.68 bits per heavy atom. The summed E-state index contributed by atoms with van der Waals surface area (Å²) in [5.41, 5.74) is 3.78. The zero-order valence-corrected chi connectivity index (χ0v) is 18.1. The minimum atomic E-state index is 0.816. The summed E-state index contributed by atoms with van der Waals surface area (Å²) < 4.78 is 0. The second-order valence-electron chi connectivity index (χ2n) is 6.88. The zero-order valence-electron chi connectivity index (χ0n) is 16.5. The SMILES string of the molecule is Cc1cccc(Cl)c1Sc1ccccc1CNCCCN(C)c1ccccc1. The summed E-state index contributed by atoms with van der Waals surface area (Å²) >= 11 is 8.17. The average molecular weight is 411 g/mol. The predicted molar refractivity (Wildman–Crippen MR) is 123 cm³/mol. The number of rotatable bonds is 9. The monoisotopic (exact) mass is 410 g/mol. The smallest absolute Gasteiger partial charge is 0.0548 e. The summed E-state index contributed by atoms with van der Waals surface area (Å²) in [6, 6.07) is 25.1. The summed E-state index contributed by atoms with van der Waals surface area (Å²) in [5, 5.41) is 4.41. The first-order valence-electron chi connectivity index (χ1n) is 9.63. The van der Waals surface area contributed by atoms with Crippen molar-refractivity contribution in [2.75, 3.05) is 25.0 Å². The molecule has 0 atom stereocenters. The molecule has 3 rings (SSSR count). The van der Waals surface area contributed by atoms with Gasteiger partial charge >= 0.3 is 0 Å². The number of benzene rings is 3. The van der Waals surface area contributed by atoms with Crippen molar-refractivity contribution in [1.82, 2.24) is 5.32 Å². The molecule has 0 aliphatic carbocycles. The maximum Gasteiger partial charge on any atom is 0.0548 e. The van der Waals surface area contributed by atoms with Gasteiger partial charge in [-0.3, -0.25) is 0 Å². The number of halogens is 1. The van der Waals surface area contributed by atoms with E-state index in [9.17, 15) is 0 Å². The van der Waals surface area contributed by atoms with Gasteiger partial charge in [-0.1, -0.05) is 71.9 Å². The van der Waals surface area contributed by atoms with E-state index in [2.05, 4.69) is 84.9 Å². The highest BCUT2D eigenvalue weighted by Crippen LogP contribution is 2.37. The average Bonchev–Trinajstić information content (AvgIpc) is 2.72. The third kappa shape index (κ3) is 5.78. The molecule has 0 aliphatic rings. The Labute approximate surface area is 177 Å². The highest BCUT2D eigenvalue weighted by molar-refractivity contribution is 7.99. The Balaban J connectivity index is 1.51. The van der Waals surface area contributed by atoms with Crippen molar-refractivity contribution in [3.05, 3.63) is 88.9 Å². The van der Waals surface area contributed by atoms with Gasteiger partial charge in [-0.15, -0.1) is 0 Å². The van der Waals surface area contributed by atoms with Crippen molar-refractivity contribution in [1.29, 1.82) is 0 Å². The molecular weight excluding hydrogens is 384 g/mol. The molecule has 4 heteroatoms. The summed E-state index contributed by atoms with van der Waals surface area (Å²) in [4.78, 5) is 4.69. The van der Waals surface area contributed by atoms with Crippen LogP contribution in [0.3, 0.4) is 0 Å². The second kappa shape index (κ2) is 10.6. The van der Waals surface area contributed by atoms with Crippen LogP contribution in [0.5, 0.6) is 0 Å². The van der Waals surface area contributed by atoms with Crippen LogP contribution in [-0.2, 0) is 6.54 Å². The van der Waals surface area contributed by atoms with Crippen LogP contribution in [0.4, 0.5) is 5.69 Å². The lowest BCUT2D eigenvalue weighted by Crippen LogP contribution is -2.23. The maximum atomic E-state index is 6.42. The molecule has 0 bridgehead atoms. The van der Waals surface area contributed by atoms with Gasteiger partial charge in [0.1, 0.15) is 0 Å². The van der Waals surface area contributed by atoms with Crippen LogP contribution in [0, 0.1) is 6.92 Å². The highest BCUT2D eigenvalue weighted by atomic mass is 35.5. The van der Waals surface area contributed by atoms with Crippen LogP contribution in [-0.4, -0.2) is 20.1 Å². The highest BCUT2D eigenvalue weighted by Gasteiger charge is 2.09. The minimum Gasteiger partial charge on any atom is -0.375 e. The van der Waals surface area contributed by atoms with E-state index >= 15 is 0 Å². The van der Waals surface area contributed by atoms with Crippen LogP contribution in [0.15, 0.2) is 82.6 Å². The fraction of sp³-hybridized carbons (Fsp3) is 0.250. The van der Waals surface area contributed by atoms with E-state index in [1.165, 1.54) is 21.7 Å². The van der Waals surface area contributed by atoms with Gasteiger partial charge in [0.2, 0.25) is 0 Å². The van der Waals surface area contributed by atoms with E-state index < -0.39 is 0 Å². The molecule has 3 aromatic rings. The van der Waals surface area contributed by atoms with Crippen LogP contribution < -0.4 is 10.2 Å². The summed E-state index contributed by atoms with van der Waals surface area (Å²) in [7, 11) is 2.15. The van der Waals surface area contributed by atoms with Gasteiger partial charge in [0.05, 0.1) is 5.02 Å². The fourth-order valence-corrected chi connectivity index (χ4v) is 4.45. The number of anilines is 1. The number of nitrogens with zero attached hydrogens (tertiary/aromatic N) is 1. The molecule has 0 saturated heterocycles. The van der Waals surface area contributed by atoms with E-state index in [1.54, 1.807) is 11.8 Å². The second-order valence-corrected chi connectivity index (χ2v) is 8.34. The van der Waals surface area contributed by atoms with Gasteiger partial charge < -0.3 is 10.2 Å². The number of aryl methyl sites for hydroxylation is 1.